The van der Waals surface area contributed by atoms with Gasteiger partial charge < -0.3 is 15.2 Å². The van der Waals surface area contributed by atoms with E-state index in [-0.39, 0.29) is 18.1 Å². The van der Waals surface area contributed by atoms with Crippen LogP contribution in [0.3, 0.4) is 0 Å². The van der Waals surface area contributed by atoms with Gasteiger partial charge in [0.05, 0.1) is 18.1 Å². The van der Waals surface area contributed by atoms with E-state index in [1.807, 2.05) is 0 Å². The maximum atomic E-state index is 10.5. The lowest BCUT2D eigenvalue weighted by Gasteiger charge is -2.33. The summed E-state index contributed by atoms with van der Waals surface area (Å²) in [6, 6.07) is 0. The van der Waals surface area contributed by atoms with Crippen LogP contribution in [0.4, 0.5) is 0 Å². The molecule has 0 aromatic carbocycles. The normalized spacial score (nSPS) is 30.7. The highest BCUT2D eigenvalue weighted by Crippen LogP contribution is 2.38. The molecule has 4 heteroatoms. The predicted molar refractivity (Wildman–Crippen MR) is 51.2 cm³/mol. The molecule has 2 aliphatic rings. The number of nitrogens with one attached hydrogen (secondary N) is 1. The van der Waals surface area contributed by atoms with E-state index >= 15 is 0 Å². The fraction of sp³-hybridized carbons (Fsp3) is 0.900. The summed E-state index contributed by atoms with van der Waals surface area (Å²) in [6.07, 6.45) is 4.12. The highest BCUT2D eigenvalue weighted by Gasteiger charge is 2.41. The average molecular weight is 199 g/mol. The number of carboxylic acid groups (broad SMARTS) is 1. The van der Waals surface area contributed by atoms with Crippen molar-refractivity contribution in [2.45, 2.75) is 43.8 Å². The monoisotopic (exact) mass is 199 g/mol. The number of ether oxygens (including phenoxy) is 1. The Morgan fingerprint density at radius 2 is 2.14 bits per heavy atom. The van der Waals surface area contributed by atoms with E-state index in [0.717, 1.165) is 38.8 Å². The SMILES string of the molecule is O=C(O)CC1CCC2(CCNCC2)O1. The average Bonchev–Trinajstić information content (AvgIpc) is 2.49. The molecule has 2 fully saturated rings. The van der Waals surface area contributed by atoms with Crippen molar-refractivity contribution in [2.75, 3.05) is 13.1 Å². The molecule has 0 bridgehead atoms. The first kappa shape index (κ1) is 9.93. The zero-order valence-electron chi connectivity index (χ0n) is 8.29. The van der Waals surface area contributed by atoms with Crippen molar-refractivity contribution >= 4 is 5.97 Å². The summed E-state index contributed by atoms with van der Waals surface area (Å²) in [5.74, 6) is -0.749. The molecule has 0 aromatic heterocycles. The summed E-state index contributed by atoms with van der Waals surface area (Å²) in [5, 5.41) is 12.0. The minimum absolute atomic E-state index is 0.00532. The van der Waals surface area contributed by atoms with Crippen molar-refractivity contribution in [3.05, 3.63) is 0 Å². The first-order valence-electron chi connectivity index (χ1n) is 5.31. The van der Waals surface area contributed by atoms with Crippen LogP contribution in [0.25, 0.3) is 0 Å². The lowest BCUT2D eigenvalue weighted by molar-refractivity contribution is -0.142. The Morgan fingerprint density at radius 1 is 1.43 bits per heavy atom. The molecule has 1 atom stereocenters. The van der Waals surface area contributed by atoms with Crippen LogP contribution in [0.5, 0.6) is 0 Å². The molecular formula is C10H17NO3. The largest absolute Gasteiger partial charge is 0.481 e. The molecule has 0 aliphatic carbocycles. The second kappa shape index (κ2) is 3.87. The molecule has 2 rings (SSSR count). The van der Waals surface area contributed by atoms with Crippen molar-refractivity contribution in [3.63, 3.8) is 0 Å². The predicted octanol–water partition coefficient (Wildman–Crippen LogP) is 0.762. The first-order valence-corrected chi connectivity index (χ1v) is 5.31. The van der Waals surface area contributed by atoms with E-state index in [2.05, 4.69) is 5.32 Å². The quantitative estimate of drug-likeness (QED) is 0.689. The first-order chi connectivity index (χ1) is 6.70. The zero-order valence-corrected chi connectivity index (χ0v) is 8.29. The third kappa shape index (κ3) is 2.07. The minimum Gasteiger partial charge on any atom is -0.481 e. The Hall–Kier alpha value is -0.610. The van der Waals surface area contributed by atoms with Crippen LogP contribution in [0, 0.1) is 0 Å². The van der Waals surface area contributed by atoms with Gasteiger partial charge in [0.1, 0.15) is 0 Å². The highest BCUT2D eigenvalue weighted by atomic mass is 16.5. The molecule has 2 aliphatic heterocycles. The van der Waals surface area contributed by atoms with Crippen molar-refractivity contribution in [2.24, 2.45) is 0 Å². The molecule has 0 saturated carbocycles. The number of hydrogen-bond acceptors (Lipinski definition) is 3. The van der Waals surface area contributed by atoms with Gasteiger partial charge in [-0.05, 0) is 38.8 Å². The van der Waals surface area contributed by atoms with Gasteiger partial charge in [0, 0.05) is 0 Å². The highest BCUT2D eigenvalue weighted by molar-refractivity contribution is 5.67. The van der Waals surface area contributed by atoms with E-state index < -0.39 is 5.97 Å². The van der Waals surface area contributed by atoms with Crippen LogP contribution in [-0.4, -0.2) is 35.9 Å². The Morgan fingerprint density at radius 3 is 2.79 bits per heavy atom. The smallest absolute Gasteiger partial charge is 0.305 e. The van der Waals surface area contributed by atoms with Crippen LogP contribution >= 0.6 is 0 Å². The summed E-state index contributed by atoms with van der Waals surface area (Å²) >= 11 is 0. The fourth-order valence-corrected chi connectivity index (χ4v) is 2.48. The van der Waals surface area contributed by atoms with Crippen molar-refractivity contribution < 1.29 is 14.6 Å². The van der Waals surface area contributed by atoms with Gasteiger partial charge in [0.15, 0.2) is 0 Å². The van der Waals surface area contributed by atoms with Crippen LogP contribution in [0.15, 0.2) is 0 Å². The fourth-order valence-electron chi connectivity index (χ4n) is 2.48. The van der Waals surface area contributed by atoms with Gasteiger partial charge in [0.2, 0.25) is 0 Å². The van der Waals surface area contributed by atoms with Gasteiger partial charge in [-0.1, -0.05) is 0 Å². The van der Waals surface area contributed by atoms with Gasteiger partial charge in [-0.2, -0.15) is 0 Å². The van der Waals surface area contributed by atoms with E-state index in [0.29, 0.717) is 0 Å². The Kier molecular flexibility index (Phi) is 2.74. The Bertz CT molecular complexity index is 223. The summed E-state index contributed by atoms with van der Waals surface area (Å²) in [6.45, 7) is 2.00. The molecule has 2 saturated heterocycles. The van der Waals surface area contributed by atoms with Gasteiger partial charge in [-0.3, -0.25) is 4.79 Å². The molecule has 0 amide bonds. The Balaban J connectivity index is 1.89. The number of aliphatic carboxylic acids is 1. The number of carboxylic acids is 1. The molecule has 14 heavy (non-hydrogen) atoms. The number of carbonyl (C=O) groups is 1. The molecule has 0 aromatic rings. The Labute approximate surface area is 83.6 Å². The number of piperidine rings is 1. The maximum Gasteiger partial charge on any atom is 0.305 e. The van der Waals surface area contributed by atoms with E-state index in [4.69, 9.17) is 9.84 Å². The third-order valence-electron chi connectivity index (χ3n) is 3.26. The lowest BCUT2D eigenvalue weighted by atomic mass is 9.89. The van der Waals surface area contributed by atoms with E-state index in [1.54, 1.807) is 0 Å². The van der Waals surface area contributed by atoms with Crippen molar-refractivity contribution in [1.82, 2.24) is 5.32 Å². The minimum atomic E-state index is -0.749. The summed E-state index contributed by atoms with van der Waals surface area (Å²) in [5.41, 5.74) is 0.00532. The molecule has 2 heterocycles. The number of hydrogen-bond donors (Lipinski definition) is 2. The molecule has 2 N–H and O–H groups in total. The second-order valence-electron chi connectivity index (χ2n) is 4.31. The maximum absolute atomic E-state index is 10.5. The van der Waals surface area contributed by atoms with Gasteiger partial charge in [0.25, 0.3) is 0 Å². The zero-order chi connectivity index (χ0) is 10.0. The van der Waals surface area contributed by atoms with E-state index in [9.17, 15) is 4.79 Å². The van der Waals surface area contributed by atoms with Crippen LogP contribution in [-0.2, 0) is 9.53 Å². The summed E-state index contributed by atoms with van der Waals surface area (Å²) < 4.78 is 5.88. The summed E-state index contributed by atoms with van der Waals surface area (Å²) in [4.78, 5) is 10.5. The standard InChI is InChI=1S/C10H17NO3/c12-9(13)7-8-1-2-10(14-8)3-5-11-6-4-10/h8,11H,1-7H2,(H,12,13). The molecule has 1 spiro atoms. The second-order valence-corrected chi connectivity index (χ2v) is 4.31. The van der Waals surface area contributed by atoms with Gasteiger partial charge >= 0.3 is 5.97 Å². The lowest BCUT2D eigenvalue weighted by Crippen LogP contribution is -2.42. The van der Waals surface area contributed by atoms with Gasteiger partial charge in [-0.25, -0.2) is 0 Å². The summed E-state index contributed by atoms with van der Waals surface area (Å²) in [7, 11) is 0. The number of rotatable bonds is 2. The van der Waals surface area contributed by atoms with Crippen molar-refractivity contribution in [3.8, 4) is 0 Å². The van der Waals surface area contributed by atoms with Gasteiger partial charge in [-0.15, -0.1) is 0 Å². The molecular weight excluding hydrogens is 182 g/mol. The van der Waals surface area contributed by atoms with Crippen LogP contribution < -0.4 is 5.32 Å². The molecule has 80 valence electrons. The third-order valence-corrected chi connectivity index (χ3v) is 3.26. The molecule has 0 radical (unpaired) electrons. The molecule has 4 nitrogen and oxygen atoms in total. The van der Waals surface area contributed by atoms with Crippen LogP contribution in [0.2, 0.25) is 0 Å². The molecule has 1 unspecified atom stereocenters. The van der Waals surface area contributed by atoms with Crippen LogP contribution in [0.1, 0.15) is 32.1 Å². The topological polar surface area (TPSA) is 58.6 Å². The van der Waals surface area contributed by atoms with E-state index in [1.165, 1.54) is 0 Å². The van der Waals surface area contributed by atoms with Crippen molar-refractivity contribution in [1.29, 1.82) is 0 Å².